The summed E-state index contributed by atoms with van der Waals surface area (Å²) in [6.45, 7) is 0.615. The van der Waals surface area contributed by atoms with Gasteiger partial charge in [0.15, 0.2) is 0 Å². The molecule has 100 valence electrons. The fourth-order valence-corrected chi connectivity index (χ4v) is 3.88. The van der Waals surface area contributed by atoms with E-state index in [4.69, 9.17) is 10.5 Å². The highest BCUT2D eigenvalue weighted by Crippen LogP contribution is 2.31. The van der Waals surface area contributed by atoms with Crippen molar-refractivity contribution in [1.29, 1.82) is 0 Å². The molecule has 1 aliphatic rings. The molecular weight excluding hydrogens is 322 g/mol. The molecule has 19 heavy (non-hydrogen) atoms. The zero-order chi connectivity index (χ0) is 13.2. The van der Waals surface area contributed by atoms with Crippen LogP contribution >= 0.6 is 27.3 Å². The first kappa shape index (κ1) is 13.2. The fraction of sp³-hybridized carbons (Fsp3) is 0.333. The minimum Gasteiger partial charge on any atom is -0.488 e. The van der Waals surface area contributed by atoms with E-state index >= 15 is 0 Å². The SMILES string of the molecule is N[C@H]1CCCc2ccc(OCc3ccc(Br)s3)cc21. The molecule has 4 heteroatoms. The molecule has 3 rings (SSSR count). The first-order chi connectivity index (χ1) is 9.22. The van der Waals surface area contributed by atoms with E-state index in [0.717, 1.165) is 22.4 Å². The highest BCUT2D eigenvalue weighted by Gasteiger charge is 2.17. The van der Waals surface area contributed by atoms with Crippen LogP contribution in [-0.2, 0) is 13.0 Å². The highest BCUT2D eigenvalue weighted by molar-refractivity contribution is 9.11. The molecule has 2 aromatic rings. The maximum atomic E-state index is 6.17. The second-order valence-corrected chi connectivity index (χ2v) is 7.40. The van der Waals surface area contributed by atoms with E-state index in [1.165, 1.54) is 22.4 Å². The lowest BCUT2D eigenvalue weighted by molar-refractivity contribution is 0.309. The molecule has 0 fully saturated rings. The maximum Gasteiger partial charge on any atom is 0.122 e. The Morgan fingerprint density at radius 2 is 2.21 bits per heavy atom. The van der Waals surface area contributed by atoms with Crippen molar-refractivity contribution in [2.75, 3.05) is 0 Å². The van der Waals surface area contributed by atoms with Crippen LogP contribution in [0.1, 0.15) is 34.9 Å². The molecule has 0 spiro atoms. The van der Waals surface area contributed by atoms with Gasteiger partial charge in [-0.05, 0) is 70.6 Å². The number of hydrogen-bond acceptors (Lipinski definition) is 3. The van der Waals surface area contributed by atoms with Crippen molar-refractivity contribution in [3.63, 3.8) is 0 Å². The Kier molecular flexibility index (Phi) is 3.91. The van der Waals surface area contributed by atoms with Gasteiger partial charge in [0.1, 0.15) is 12.4 Å². The number of benzene rings is 1. The molecule has 1 aromatic carbocycles. The van der Waals surface area contributed by atoms with Gasteiger partial charge in [0.2, 0.25) is 0 Å². The molecule has 1 aromatic heterocycles. The van der Waals surface area contributed by atoms with Crippen molar-refractivity contribution in [3.05, 3.63) is 50.1 Å². The van der Waals surface area contributed by atoms with Gasteiger partial charge in [-0.25, -0.2) is 0 Å². The summed E-state index contributed by atoms with van der Waals surface area (Å²) in [6, 6.07) is 10.6. The van der Waals surface area contributed by atoms with Gasteiger partial charge in [0.25, 0.3) is 0 Å². The summed E-state index contributed by atoms with van der Waals surface area (Å²) in [6.07, 6.45) is 3.41. The average molecular weight is 338 g/mol. The number of aryl methyl sites for hydroxylation is 1. The van der Waals surface area contributed by atoms with Crippen LogP contribution < -0.4 is 10.5 Å². The average Bonchev–Trinajstić information content (AvgIpc) is 2.83. The summed E-state index contributed by atoms with van der Waals surface area (Å²) in [7, 11) is 0. The Balaban J connectivity index is 1.73. The third kappa shape index (κ3) is 3.02. The molecule has 2 nitrogen and oxygen atoms in total. The monoisotopic (exact) mass is 337 g/mol. The van der Waals surface area contributed by atoms with E-state index < -0.39 is 0 Å². The topological polar surface area (TPSA) is 35.2 Å². The van der Waals surface area contributed by atoms with Crippen molar-refractivity contribution in [1.82, 2.24) is 0 Å². The van der Waals surface area contributed by atoms with Crippen molar-refractivity contribution in [2.24, 2.45) is 5.73 Å². The second-order valence-electron chi connectivity index (χ2n) is 4.85. The molecule has 0 unspecified atom stereocenters. The predicted octanol–water partition coefficient (Wildman–Crippen LogP) is 4.43. The first-order valence-electron chi connectivity index (χ1n) is 6.48. The van der Waals surface area contributed by atoms with E-state index in [1.54, 1.807) is 11.3 Å². The predicted molar refractivity (Wildman–Crippen MR) is 82.7 cm³/mol. The molecule has 1 atom stereocenters. The lowest BCUT2D eigenvalue weighted by Crippen LogP contribution is -2.17. The molecule has 0 bridgehead atoms. The minimum atomic E-state index is 0.170. The lowest BCUT2D eigenvalue weighted by Gasteiger charge is -2.22. The van der Waals surface area contributed by atoms with E-state index in [1.807, 2.05) is 6.07 Å². The van der Waals surface area contributed by atoms with Crippen molar-refractivity contribution < 1.29 is 4.74 Å². The highest BCUT2D eigenvalue weighted by atomic mass is 79.9. The van der Waals surface area contributed by atoms with Crippen LogP contribution in [0.2, 0.25) is 0 Å². The number of fused-ring (bicyclic) bond motifs is 1. The first-order valence-corrected chi connectivity index (χ1v) is 8.09. The van der Waals surface area contributed by atoms with Gasteiger partial charge in [-0.15, -0.1) is 11.3 Å². The standard InChI is InChI=1S/C15H16BrNOS/c16-15-7-6-12(19-15)9-18-11-5-4-10-2-1-3-14(17)13(10)8-11/h4-8,14H,1-3,9,17H2/t14-/m0/s1. The zero-order valence-corrected chi connectivity index (χ0v) is 13.0. The molecule has 0 radical (unpaired) electrons. The van der Waals surface area contributed by atoms with Crippen molar-refractivity contribution >= 4 is 27.3 Å². The third-order valence-corrected chi connectivity index (χ3v) is 5.09. The molecule has 2 N–H and O–H groups in total. The van der Waals surface area contributed by atoms with Crippen molar-refractivity contribution in [3.8, 4) is 5.75 Å². The summed E-state index contributed by atoms with van der Waals surface area (Å²) < 4.78 is 6.99. The molecular formula is C15H16BrNOS. The van der Waals surface area contributed by atoms with Crippen LogP contribution in [-0.4, -0.2) is 0 Å². The van der Waals surface area contributed by atoms with Gasteiger partial charge >= 0.3 is 0 Å². The summed E-state index contributed by atoms with van der Waals surface area (Å²) >= 11 is 5.17. The summed E-state index contributed by atoms with van der Waals surface area (Å²) in [4.78, 5) is 1.22. The van der Waals surface area contributed by atoms with Gasteiger partial charge in [-0.1, -0.05) is 6.07 Å². The van der Waals surface area contributed by atoms with Crippen LogP contribution in [0, 0.1) is 0 Å². The van der Waals surface area contributed by atoms with Crippen LogP contribution in [0.15, 0.2) is 34.1 Å². The van der Waals surface area contributed by atoms with Crippen LogP contribution in [0.5, 0.6) is 5.75 Å². The van der Waals surface area contributed by atoms with E-state index in [2.05, 4.69) is 40.2 Å². The number of thiophene rings is 1. The van der Waals surface area contributed by atoms with Gasteiger partial charge in [0, 0.05) is 10.9 Å². The van der Waals surface area contributed by atoms with Crippen LogP contribution in [0.25, 0.3) is 0 Å². The molecule has 1 heterocycles. The largest absolute Gasteiger partial charge is 0.488 e. The number of hydrogen-bond donors (Lipinski definition) is 1. The molecule has 0 saturated heterocycles. The zero-order valence-electron chi connectivity index (χ0n) is 10.6. The Morgan fingerprint density at radius 3 is 3.00 bits per heavy atom. The van der Waals surface area contributed by atoms with Gasteiger partial charge in [-0.3, -0.25) is 0 Å². The summed E-state index contributed by atoms with van der Waals surface area (Å²) in [5.41, 5.74) is 8.81. The quantitative estimate of drug-likeness (QED) is 0.899. The molecule has 0 aliphatic heterocycles. The Morgan fingerprint density at radius 1 is 1.32 bits per heavy atom. The Labute approximate surface area is 125 Å². The second kappa shape index (κ2) is 5.65. The Bertz CT molecular complexity index is 581. The number of nitrogens with two attached hydrogens (primary N) is 1. The Hall–Kier alpha value is -0.840. The molecule has 0 amide bonds. The smallest absolute Gasteiger partial charge is 0.122 e. The van der Waals surface area contributed by atoms with Gasteiger partial charge in [-0.2, -0.15) is 0 Å². The van der Waals surface area contributed by atoms with Crippen LogP contribution in [0.4, 0.5) is 0 Å². The van der Waals surface area contributed by atoms with Crippen molar-refractivity contribution in [2.45, 2.75) is 31.9 Å². The summed E-state index contributed by atoms with van der Waals surface area (Å²) in [5.74, 6) is 0.917. The summed E-state index contributed by atoms with van der Waals surface area (Å²) in [5, 5.41) is 0. The third-order valence-electron chi connectivity index (χ3n) is 3.49. The molecule has 1 aliphatic carbocycles. The number of ether oxygens (including phenoxy) is 1. The van der Waals surface area contributed by atoms with E-state index in [-0.39, 0.29) is 6.04 Å². The van der Waals surface area contributed by atoms with Gasteiger partial charge in [0.05, 0.1) is 3.79 Å². The number of rotatable bonds is 3. The molecule has 0 saturated carbocycles. The van der Waals surface area contributed by atoms with E-state index in [0.29, 0.717) is 6.61 Å². The van der Waals surface area contributed by atoms with Crippen LogP contribution in [0.3, 0.4) is 0 Å². The number of halogens is 1. The van der Waals surface area contributed by atoms with E-state index in [9.17, 15) is 0 Å². The minimum absolute atomic E-state index is 0.170. The normalized spacial score (nSPS) is 18.1. The van der Waals surface area contributed by atoms with Gasteiger partial charge < -0.3 is 10.5 Å². The lowest BCUT2D eigenvalue weighted by atomic mass is 9.88. The fourth-order valence-electron chi connectivity index (χ4n) is 2.49. The maximum absolute atomic E-state index is 6.17.